The predicted octanol–water partition coefficient (Wildman–Crippen LogP) is 2.16. The smallest absolute Gasteiger partial charge is 0.174 e. The van der Waals surface area contributed by atoms with Crippen molar-refractivity contribution in [1.29, 1.82) is 0 Å². The second kappa shape index (κ2) is 2.49. The van der Waals surface area contributed by atoms with Crippen molar-refractivity contribution in [2.24, 2.45) is 0 Å². The molecule has 0 aliphatic heterocycles. The van der Waals surface area contributed by atoms with Gasteiger partial charge < -0.3 is 5.11 Å². The summed E-state index contributed by atoms with van der Waals surface area (Å²) in [6.45, 7) is 1.96. The summed E-state index contributed by atoms with van der Waals surface area (Å²) >= 11 is 6.88. The van der Waals surface area contributed by atoms with Gasteiger partial charge in [0.15, 0.2) is 6.61 Å². The van der Waals surface area contributed by atoms with Crippen molar-refractivity contribution in [3.63, 3.8) is 0 Å². The van der Waals surface area contributed by atoms with E-state index in [4.69, 9.17) is 16.7 Å². The number of aliphatic hydroxyl groups is 1. The lowest BCUT2D eigenvalue weighted by Gasteiger charge is -1.82. The molecule has 8 heavy (non-hydrogen) atoms. The molecule has 0 aromatic carbocycles. The highest BCUT2D eigenvalue weighted by atomic mass is 35.5. The van der Waals surface area contributed by atoms with Crippen LogP contribution < -0.4 is 0 Å². The maximum Gasteiger partial charge on any atom is 0.174 e. The molecule has 0 fully saturated rings. The molecule has 0 saturated heterocycles. The van der Waals surface area contributed by atoms with Crippen molar-refractivity contribution >= 4 is 22.9 Å². The molecule has 1 nitrogen and oxygen atoms in total. The second-order valence-electron chi connectivity index (χ2n) is 1.21. The lowest BCUT2D eigenvalue weighted by Crippen LogP contribution is -1.68. The first kappa shape index (κ1) is 6.08. The number of halogens is 1. The van der Waals surface area contributed by atoms with E-state index in [1.54, 1.807) is 11.4 Å². The molecule has 0 saturated carbocycles. The van der Waals surface area contributed by atoms with Crippen LogP contribution in [0.3, 0.4) is 0 Å². The van der Waals surface area contributed by atoms with E-state index in [1.165, 1.54) is 11.3 Å². The van der Waals surface area contributed by atoms with Gasteiger partial charge >= 0.3 is 0 Å². The van der Waals surface area contributed by atoms with E-state index >= 15 is 0 Å². The maximum atomic E-state index is 8.28. The molecule has 0 aliphatic carbocycles. The summed E-state index contributed by atoms with van der Waals surface area (Å²) in [5.41, 5.74) is 0. The zero-order valence-corrected chi connectivity index (χ0v) is 5.46. The van der Waals surface area contributed by atoms with Crippen LogP contribution in [0, 0.1) is 6.61 Å². The van der Waals surface area contributed by atoms with Gasteiger partial charge in [-0.2, -0.15) is 0 Å². The lowest BCUT2D eigenvalue weighted by molar-refractivity contribution is 0.418. The van der Waals surface area contributed by atoms with Crippen molar-refractivity contribution in [1.82, 2.24) is 0 Å². The molecule has 1 aromatic heterocycles. The topological polar surface area (TPSA) is 20.2 Å². The molecular weight excluding hydrogens is 144 g/mol. The minimum Gasteiger partial charge on any atom is -0.377 e. The molecule has 1 N–H and O–H groups in total. The Balaban J connectivity index is 2.92. The van der Waals surface area contributed by atoms with Crippen molar-refractivity contribution in [2.75, 3.05) is 0 Å². The Hall–Kier alpha value is -0.0500. The van der Waals surface area contributed by atoms with E-state index in [0.29, 0.717) is 9.90 Å². The van der Waals surface area contributed by atoms with Gasteiger partial charge in [0, 0.05) is 0 Å². The first-order valence-electron chi connectivity index (χ1n) is 1.97. The Bertz CT molecular complexity index is 173. The molecule has 0 spiro atoms. The number of rotatable bonds is 1. The van der Waals surface area contributed by atoms with Crippen molar-refractivity contribution in [2.45, 2.75) is 0 Å². The second-order valence-corrected chi connectivity index (χ2v) is 2.53. The molecule has 0 unspecified atom stereocenters. The third-order valence-corrected chi connectivity index (χ3v) is 1.96. The average molecular weight is 147 g/mol. The van der Waals surface area contributed by atoms with Gasteiger partial charge in [-0.1, -0.05) is 11.6 Å². The summed E-state index contributed by atoms with van der Waals surface area (Å²) in [7, 11) is 0. The Morgan fingerprint density at radius 3 is 2.75 bits per heavy atom. The normalized spacial score (nSPS) is 9.75. The van der Waals surface area contributed by atoms with Crippen molar-refractivity contribution in [3.05, 3.63) is 28.0 Å². The van der Waals surface area contributed by atoms with E-state index in [9.17, 15) is 0 Å². The van der Waals surface area contributed by atoms with Gasteiger partial charge in [-0.25, -0.2) is 0 Å². The molecule has 0 atom stereocenters. The van der Waals surface area contributed by atoms with Crippen molar-refractivity contribution < 1.29 is 5.11 Å². The van der Waals surface area contributed by atoms with Crippen LogP contribution in [-0.4, -0.2) is 5.11 Å². The molecule has 42 valence electrons. The summed E-state index contributed by atoms with van der Waals surface area (Å²) in [5.74, 6) is 0. The maximum absolute atomic E-state index is 8.28. The van der Waals surface area contributed by atoms with E-state index in [2.05, 4.69) is 0 Å². The minimum absolute atomic E-state index is 0.553. The first-order valence-corrected chi connectivity index (χ1v) is 3.23. The van der Waals surface area contributed by atoms with Gasteiger partial charge in [0.25, 0.3) is 0 Å². The number of hydrogen-bond acceptors (Lipinski definition) is 2. The number of aliphatic hydroxyl groups excluding tert-OH is 1. The highest BCUT2D eigenvalue weighted by Crippen LogP contribution is 2.21. The molecular formula is C5H3ClOS. The van der Waals surface area contributed by atoms with Gasteiger partial charge in [0.2, 0.25) is 0 Å². The molecule has 3 heteroatoms. The van der Waals surface area contributed by atoms with Crippen LogP contribution in [-0.2, 0) is 0 Å². The molecule has 2 radical (unpaired) electrons. The van der Waals surface area contributed by atoms with Crippen LogP contribution in [0.25, 0.3) is 0 Å². The van der Waals surface area contributed by atoms with Crippen molar-refractivity contribution in [3.8, 4) is 0 Å². The Morgan fingerprint density at radius 2 is 2.50 bits per heavy atom. The summed E-state index contributed by atoms with van der Waals surface area (Å²) < 4.78 is 0. The van der Waals surface area contributed by atoms with Crippen LogP contribution in [0.5, 0.6) is 0 Å². The van der Waals surface area contributed by atoms with Gasteiger partial charge in [-0.05, 0) is 11.4 Å². The molecule has 1 heterocycles. The summed E-state index contributed by atoms with van der Waals surface area (Å²) in [6, 6.07) is 1.71. The monoisotopic (exact) mass is 146 g/mol. The number of hydrogen-bond donors (Lipinski definition) is 1. The fourth-order valence-corrected chi connectivity index (χ4v) is 1.26. The summed E-state index contributed by atoms with van der Waals surface area (Å²) in [4.78, 5) is 0.590. The number of thiophene rings is 1. The Labute approximate surface area is 56.5 Å². The first-order chi connectivity index (χ1) is 3.84. The minimum atomic E-state index is 0.553. The Kier molecular flexibility index (Phi) is 1.89. The lowest BCUT2D eigenvalue weighted by atomic mass is 10.5. The largest absolute Gasteiger partial charge is 0.377 e. The predicted molar refractivity (Wildman–Crippen MR) is 33.6 cm³/mol. The fraction of sp³-hybridized carbons (Fsp3) is 0. The zero-order chi connectivity index (χ0) is 5.98. The quantitative estimate of drug-likeness (QED) is 0.644. The van der Waals surface area contributed by atoms with E-state index in [1.807, 2.05) is 6.61 Å². The Morgan fingerprint density at radius 1 is 1.75 bits per heavy atom. The molecule has 0 bridgehead atoms. The molecule has 0 aliphatic rings. The average Bonchev–Trinajstić information content (AvgIpc) is 2.14. The molecule has 1 aromatic rings. The fourth-order valence-electron chi connectivity index (χ4n) is 0.374. The molecule has 0 amide bonds. The van der Waals surface area contributed by atoms with E-state index in [-0.39, 0.29) is 0 Å². The van der Waals surface area contributed by atoms with Gasteiger partial charge in [0.1, 0.15) is 0 Å². The standard InChI is InChI=1S/C5H3ClOS/c6-4-1-2-8-5(4)3-7/h1-2,7H. The SMILES string of the molecule is O[C]c1sccc1Cl. The van der Waals surface area contributed by atoms with Crippen LogP contribution in [0.1, 0.15) is 4.88 Å². The van der Waals surface area contributed by atoms with E-state index < -0.39 is 0 Å². The summed E-state index contributed by atoms with van der Waals surface area (Å²) in [6.07, 6.45) is 0. The third kappa shape index (κ3) is 1.02. The van der Waals surface area contributed by atoms with Crippen LogP contribution in [0.2, 0.25) is 5.02 Å². The zero-order valence-electron chi connectivity index (χ0n) is 3.89. The van der Waals surface area contributed by atoms with Gasteiger partial charge in [-0.3, -0.25) is 0 Å². The highest BCUT2D eigenvalue weighted by molar-refractivity contribution is 7.10. The van der Waals surface area contributed by atoms with Gasteiger partial charge in [-0.15, -0.1) is 11.3 Å². The third-order valence-electron chi connectivity index (χ3n) is 0.719. The van der Waals surface area contributed by atoms with Crippen LogP contribution in [0.15, 0.2) is 11.4 Å². The van der Waals surface area contributed by atoms with Crippen LogP contribution >= 0.6 is 22.9 Å². The van der Waals surface area contributed by atoms with Gasteiger partial charge in [0.05, 0.1) is 9.90 Å². The highest BCUT2D eigenvalue weighted by Gasteiger charge is 1.98. The molecule has 1 rings (SSSR count). The van der Waals surface area contributed by atoms with Crippen LogP contribution in [0.4, 0.5) is 0 Å². The summed E-state index contributed by atoms with van der Waals surface area (Å²) in [5, 5.41) is 10.6. The van der Waals surface area contributed by atoms with E-state index in [0.717, 1.165) is 0 Å².